The minimum atomic E-state index is -3.58. The van der Waals surface area contributed by atoms with Crippen molar-refractivity contribution in [1.29, 1.82) is 0 Å². The molecule has 0 amide bonds. The summed E-state index contributed by atoms with van der Waals surface area (Å²) >= 11 is 0. The van der Waals surface area contributed by atoms with Crippen molar-refractivity contribution in [2.75, 3.05) is 27.3 Å². The minimum absolute atomic E-state index is 0.204. The molecule has 30 heavy (non-hydrogen) atoms. The van der Waals surface area contributed by atoms with Gasteiger partial charge in [0.25, 0.3) is 0 Å². The van der Waals surface area contributed by atoms with E-state index in [0.29, 0.717) is 25.7 Å². The number of rotatable bonds is 9. The van der Waals surface area contributed by atoms with Crippen molar-refractivity contribution in [3.63, 3.8) is 0 Å². The number of aliphatic imine (C=N–C) groups is 1. The quantitative estimate of drug-likeness (QED) is 0.256. The van der Waals surface area contributed by atoms with Crippen LogP contribution in [0.3, 0.4) is 0 Å². The molecule has 3 rings (SSSR count). The van der Waals surface area contributed by atoms with Crippen LogP contribution in [0.25, 0.3) is 5.65 Å². The molecule has 0 radical (unpaired) electrons. The third-order valence-electron chi connectivity index (χ3n) is 4.29. The Bertz CT molecular complexity index is 1110. The molecule has 2 heterocycles. The van der Waals surface area contributed by atoms with Crippen LogP contribution in [0.1, 0.15) is 11.4 Å². The Labute approximate surface area is 175 Å². The summed E-state index contributed by atoms with van der Waals surface area (Å²) in [6, 6.07) is 12.4. The van der Waals surface area contributed by atoms with Gasteiger partial charge in [-0.1, -0.05) is 18.2 Å². The molecule has 0 aliphatic carbocycles. The van der Waals surface area contributed by atoms with Gasteiger partial charge in [-0.2, -0.15) is 0 Å². The van der Waals surface area contributed by atoms with Gasteiger partial charge in [-0.25, -0.2) is 13.1 Å². The SMILES string of the molecule is CN=C(NCc1cccc(S(=O)(=O)NCCOC)c1)NCc1nnc2ccccn12. The van der Waals surface area contributed by atoms with E-state index in [1.807, 2.05) is 34.9 Å². The number of pyridine rings is 1. The lowest BCUT2D eigenvalue weighted by atomic mass is 10.2. The summed E-state index contributed by atoms with van der Waals surface area (Å²) < 4.78 is 34.0. The van der Waals surface area contributed by atoms with Crippen LogP contribution in [0, 0.1) is 0 Å². The van der Waals surface area contributed by atoms with Gasteiger partial charge >= 0.3 is 0 Å². The van der Waals surface area contributed by atoms with Crippen LogP contribution in [0.4, 0.5) is 0 Å². The van der Waals surface area contributed by atoms with Crippen LogP contribution in [0.15, 0.2) is 58.5 Å². The van der Waals surface area contributed by atoms with E-state index in [4.69, 9.17) is 4.74 Å². The second-order valence-electron chi connectivity index (χ2n) is 6.36. The fourth-order valence-electron chi connectivity index (χ4n) is 2.76. The fourth-order valence-corrected chi connectivity index (χ4v) is 3.85. The number of hydrogen-bond acceptors (Lipinski definition) is 6. The molecule has 3 aromatic rings. The Kier molecular flexibility index (Phi) is 7.33. The first kappa shape index (κ1) is 21.7. The summed E-state index contributed by atoms with van der Waals surface area (Å²) in [5.74, 6) is 1.32. The summed E-state index contributed by atoms with van der Waals surface area (Å²) in [6.07, 6.45) is 1.90. The highest BCUT2D eigenvalue weighted by Crippen LogP contribution is 2.11. The number of benzene rings is 1. The topological polar surface area (TPSA) is 122 Å². The number of guanidine groups is 1. The third kappa shape index (κ3) is 5.53. The van der Waals surface area contributed by atoms with Gasteiger partial charge in [-0.3, -0.25) is 9.39 Å². The monoisotopic (exact) mass is 431 g/mol. The molecule has 11 heteroatoms. The van der Waals surface area contributed by atoms with Gasteiger partial charge in [-0.05, 0) is 29.8 Å². The van der Waals surface area contributed by atoms with Crippen LogP contribution in [-0.4, -0.2) is 56.3 Å². The predicted octanol–water partition coefficient (Wildman–Crippen LogP) is 0.519. The van der Waals surface area contributed by atoms with Crippen molar-refractivity contribution in [2.45, 2.75) is 18.0 Å². The zero-order valence-electron chi connectivity index (χ0n) is 16.9. The standard InChI is InChI=1S/C19H25N7O3S/c1-20-19(22-14-18-25-24-17-8-3-4-10-26(17)18)21-13-15-6-5-7-16(12-15)30(27,28)23-9-11-29-2/h3-8,10,12,23H,9,11,13-14H2,1-2H3,(H2,20,21,22). The molecule has 0 saturated carbocycles. The van der Waals surface area contributed by atoms with Gasteiger partial charge in [0.05, 0.1) is 18.0 Å². The lowest BCUT2D eigenvalue weighted by Crippen LogP contribution is -2.36. The average Bonchev–Trinajstić information content (AvgIpc) is 3.17. The van der Waals surface area contributed by atoms with Crippen LogP contribution in [-0.2, 0) is 27.8 Å². The van der Waals surface area contributed by atoms with E-state index >= 15 is 0 Å². The van der Waals surface area contributed by atoms with E-state index in [0.717, 1.165) is 17.0 Å². The lowest BCUT2D eigenvalue weighted by molar-refractivity contribution is 0.204. The van der Waals surface area contributed by atoms with E-state index in [1.165, 1.54) is 7.11 Å². The molecular formula is C19H25N7O3S. The predicted molar refractivity (Wildman–Crippen MR) is 114 cm³/mol. The van der Waals surface area contributed by atoms with E-state index in [9.17, 15) is 8.42 Å². The number of aromatic nitrogens is 3. The first-order chi connectivity index (χ1) is 14.5. The number of hydrogen-bond donors (Lipinski definition) is 3. The lowest BCUT2D eigenvalue weighted by Gasteiger charge is -2.12. The first-order valence-corrected chi connectivity index (χ1v) is 10.8. The number of methoxy groups -OCH3 is 1. The van der Waals surface area contributed by atoms with Crippen LogP contribution < -0.4 is 15.4 Å². The second-order valence-corrected chi connectivity index (χ2v) is 8.13. The van der Waals surface area contributed by atoms with Gasteiger partial charge in [0, 0.05) is 33.4 Å². The molecule has 0 bridgehead atoms. The molecule has 0 aliphatic rings. The summed E-state index contributed by atoms with van der Waals surface area (Å²) in [4.78, 5) is 4.40. The molecule has 0 unspecified atom stereocenters. The molecule has 0 atom stereocenters. The molecule has 10 nitrogen and oxygen atoms in total. The Morgan fingerprint density at radius 1 is 1.13 bits per heavy atom. The van der Waals surface area contributed by atoms with Crippen molar-refractivity contribution in [3.8, 4) is 0 Å². The number of nitrogens with one attached hydrogen (secondary N) is 3. The molecule has 0 saturated heterocycles. The van der Waals surface area contributed by atoms with Gasteiger partial charge in [0.15, 0.2) is 17.4 Å². The van der Waals surface area contributed by atoms with Crippen molar-refractivity contribution < 1.29 is 13.2 Å². The summed E-state index contributed by atoms with van der Waals surface area (Å²) in [5, 5.41) is 14.6. The molecule has 0 fully saturated rings. The van der Waals surface area contributed by atoms with E-state index in [-0.39, 0.29) is 11.4 Å². The maximum Gasteiger partial charge on any atom is 0.240 e. The maximum absolute atomic E-state index is 12.4. The molecule has 0 spiro atoms. The molecule has 160 valence electrons. The minimum Gasteiger partial charge on any atom is -0.383 e. The van der Waals surface area contributed by atoms with Gasteiger partial charge < -0.3 is 15.4 Å². The third-order valence-corrected chi connectivity index (χ3v) is 5.75. The van der Waals surface area contributed by atoms with Gasteiger partial charge in [0.2, 0.25) is 10.0 Å². The Morgan fingerprint density at radius 2 is 1.97 bits per heavy atom. The number of ether oxygens (including phenoxy) is 1. The molecule has 1 aromatic carbocycles. The van der Waals surface area contributed by atoms with E-state index in [1.54, 1.807) is 25.2 Å². The second kappa shape index (κ2) is 10.1. The number of sulfonamides is 1. The van der Waals surface area contributed by atoms with Crippen LogP contribution >= 0.6 is 0 Å². The Morgan fingerprint density at radius 3 is 2.77 bits per heavy atom. The smallest absolute Gasteiger partial charge is 0.240 e. The normalized spacial score (nSPS) is 12.3. The maximum atomic E-state index is 12.4. The summed E-state index contributed by atoms with van der Waals surface area (Å²) in [7, 11) is -0.396. The first-order valence-electron chi connectivity index (χ1n) is 9.34. The van der Waals surface area contributed by atoms with Crippen molar-refractivity contribution in [1.82, 2.24) is 30.0 Å². The molecular weight excluding hydrogens is 406 g/mol. The zero-order valence-corrected chi connectivity index (χ0v) is 17.7. The molecule has 3 N–H and O–H groups in total. The summed E-state index contributed by atoms with van der Waals surface area (Å²) in [5.41, 5.74) is 1.58. The van der Waals surface area contributed by atoms with Crippen LogP contribution in [0.2, 0.25) is 0 Å². The number of fused-ring (bicyclic) bond motifs is 1. The van der Waals surface area contributed by atoms with Crippen molar-refractivity contribution in [3.05, 3.63) is 60.0 Å². The molecule has 0 aliphatic heterocycles. The van der Waals surface area contributed by atoms with Crippen molar-refractivity contribution in [2.24, 2.45) is 4.99 Å². The van der Waals surface area contributed by atoms with Gasteiger partial charge in [0.1, 0.15) is 0 Å². The van der Waals surface area contributed by atoms with Gasteiger partial charge in [-0.15, -0.1) is 10.2 Å². The number of nitrogens with zero attached hydrogens (tertiary/aromatic N) is 4. The van der Waals surface area contributed by atoms with E-state index < -0.39 is 10.0 Å². The zero-order chi connectivity index (χ0) is 21.4. The van der Waals surface area contributed by atoms with Crippen molar-refractivity contribution >= 4 is 21.6 Å². The highest BCUT2D eigenvalue weighted by molar-refractivity contribution is 7.89. The summed E-state index contributed by atoms with van der Waals surface area (Å²) in [6.45, 7) is 1.36. The highest BCUT2D eigenvalue weighted by Gasteiger charge is 2.14. The Balaban J connectivity index is 1.58. The Hall–Kier alpha value is -3.02. The molecule has 2 aromatic heterocycles. The van der Waals surface area contributed by atoms with Crippen LogP contribution in [0.5, 0.6) is 0 Å². The largest absolute Gasteiger partial charge is 0.383 e. The average molecular weight is 432 g/mol. The fraction of sp³-hybridized carbons (Fsp3) is 0.316. The van der Waals surface area contributed by atoms with E-state index in [2.05, 4.69) is 30.5 Å². The highest BCUT2D eigenvalue weighted by atomic mass is 32.2.